The van der Waals surface area contributed by atoms with Gasteiger partial charge in [-0.2, -0.15) is 0 Å². The smallest absolute Gasteiger partial charge is 0.263 e. The van der Waals surface area contributed by atoms with Crippen LogP contribution < -0.4 is 4.72 Å². The fraction of sp³-hybridized carbons (Fsp3) is 0.0588. The molecule has 0 bridgehead atoms. The minimum Gasteiger partial charge on any atom is -0.351 e. The van der Waals surface area contributed by atoms with E-state index in [9.17, 15) is 8.42 Å². The molecule has 0 aliphatic heterocycles. The van der Waals surface area contributed by atoms with Crippen molar-refractivity contribution in [2.45, 2.75) is 4.90 Å². The number of anilines is 1. The second kappa shape index (κ2) is 5.72. The van der Waals surface area contributed by atoms with E-state index >= 15 is 0 Å². The fourth-order valence-corrected chi connectivity index (χ4v) is 3.92. The Morgan fingerprint density at radius 3 is 2.84 bits per heavy atom. The normalized spacial score (nSPS) is 11.9. The third-order valence-corrected chi connectivity index (χ3v) is 5.59. The number of nitrogens with zero attached hydrogens (tertiary/aromatic N) is 3. The lowest BCUT2D eigenvalue weighted by Gasteiger charge is -2.08. The molecule has 2 aromatic carbocycles. The van der Waals surface area contributed by atoms with Gasteiger partial charge in [0.25, 0.3) is 10.0 Å². The van der Waals surface area contributed by atoms with E-state index in [1.165, 1.54) is 6.20 Å². The number of aromatic nitrogens is 3. The van der Waals surface area contributed by atoms with E-state index in [0.717, 1.165) is 10.9 Å². The van der Waals surface area contributed by atoms with Crippen molar-refractivity contribution < 1.29 is 8.42 Å². The van der Waals surface area contributed by atoms with Crippen LogP contribution in [0.15, 0.2) is 59.8 Å². The zero-order chi connectivity index (χ0) is 17.6. The van der Waals surface area contributed by atoms with E-state index in [0.29, 0.717) is 16.1 Å². The van der Waals surface area contributed by atoms with Crippen LogP contribution in [-0.2, 0) is 17.1 Å². The molecule has 0 fully saturated rings. The summed E-state index contributed by atoms with van der Waals surface area (Å²) in [4.78, 5) is 8.62. The van der Waals surface area contributed by atoms with Crippen LogP contribution in [0.4, 0.5) is 5.82 Å². The van der Waals surface area contributed by atoms with Crippen LogP contribution in [-0.4, -0.2) is 23.0 Å². The molecule has 0 saturated carbocycles. The molecule has 2 heterocycles. The van der Waals surface area contributed by atoms with Crippen LogP contribution in [0.1, 0.15) is 0 Å². The highest BCUT2D eigenvalue weighted by molar-refractivity contribution is 7.92. The molecule has 0 atom stereocenters. The predicted molar refractivity (Wildman–Crippen MR) is 98.3 cm³/mol. The number of halogens is 1. The maximum atomic E-state index is 12.6. The van der Waals surface area contributed by atoms with Crippen molar-refractivity contribution in [1.82, 2.24) is 14.5 Å². The summed E-state index contributed by atoms with van der Waals surface area (Å²) in [6, 6.07) is 12.0. The molecule has 25 heavy (non-hydrogen) atoms. The third-order valence-electron chi connectivity index (χ3n) is 3.93. The van der Waals surface area contributed by atoms with Crippen LogP contribution in [0.25, 0.3) is 21.9 Å². The Hall–Kier alpha value is -2.64. The largest absolute Gasteiger partial charge is 0.351 e. The lowest BCUT2D eigenvalue weighted by Crippen LogP contribution is -2.14. The summed E-state index contributed by atoms with van der Waals surface area (Å²) < 4.78 is 29.7. The minimum atomic E-state index is -3.77. The van der Waals surface area contributed by atoms with Gasteiger partial charge < -0.3 is 4.57 Å². The van der Waals surface area contributed by atoms with Gasteiger partial charge in [-0.25, -0.2) is 18.4 Å². The first-order valence-corrected chi connectivity index (χ1v) is 9.29. The summed E-state index contributed by atoms with van der Waals surface area (Å²) in [7, 11) is -1.86. The van der Waals surface area contributed by atoms with Gasteiger partial charge >= 0.3 is 0 Å². The number of sulfonamides is 1. The van der Waals surface area contributed by atoms with Crippen molar-refractivity contribution in [3.63, 3.8) is 0 Å². The highest BCUT2D eigenvalue weighted by Gasteiger charge is 2.16. The number of fused-ring (bicyclic) bond motifs is 2. The molecule has 4 aromatic rings. The molecule has 1 N–H and O–H groups in total. The van der Waals surface area contributed by atoms with Gasteiger partial charge in [0, 0.05) is 24.1 Å². The van der Waals surface area contributed by atoms with Crippen LogP contribution in [0.3, 0.4) is 0 Å². The van der Waals surface area contributed by atoms with Crippen LogP contribution in [0, 0.1) is 0 Å². The Morgan fingerprint density at radius 2 is 2.00 bits per heavy atom. The lowest BCUT2D eigenvalue weighted by atomic mass is 10.2. The molecule has 0 saturated heterocycles. The number of hydrogen-bond donors (Lipinski definition) is 1. The maximum absolute atomic E-state index is 12.6. The van der Waals surface area contributed by atoms with E-state index in [1.807, 2.05) is 23.9 Å². The topological polar surface area (TPSA) is 76.9 Å². The van der Waals surface area contributed by atoms with E-state index in [2.05, 4.69) is 14.7 Å². The number of para-hydroxylation sites is 1. The summed E-state index contributed by atoms with van der Waals surface area (Å²) >= 11 is 6.05. The van der Waals surface area contributed by atoms with Gasteiger partial charge in [-0.1, -0.05) is 17.7 Å². The van der Waals surface area contributed by atoms with Crippen LogP contribution in [0.5, 0.6) is 0 Å². The molecule has 2 aromatic heterocycles. The van der Waals surface area contributed by atoms with Crippen molar-refractivity contribution >= 4 is 49.4 Å². The average molecular weight is 373 g/mol. The predicted octanol–water partition coefficient (Wildman–Crippen LogP) is 3.58. The van der Waals surface area contributed by atoms with E-state index in [-0.39, 0.29) is 10.7 Å². The Kier molecular flexibility index (Phi) is 3.63. The molecule has 0 amide bonds. The summed E-state index contributed by atoms with van der Waals surface area (Å²) in [6.45, 7) is 0. The van der Waals surface area contributed by atoms with Gasteiger partial charge in [0.2, 0.25) is 0 Å². The van der Waals surface area contributed by atoms with Gasteiger partial charge in [0.1, 0.15) is 5.52 Å². The maximum Gasteiger partial charge on any atom is 0.263 e. The Labute approximate surface area is 149 Å². The first-order valence-electron chi connectivity index (χ1n) is 7.43. The van der Waals surface area contributed by atoms with Gasteiger partial charge in [-0.3, -0.25) is 4.72 Å². The second-order valence-electron chi connectivity index (χ2n) is 5.62. The molecule has 4 rings (SSSR count). The fourth-order valence-electron chi connectivity index (χ4n) is 2.68. The van der Waals surface area contributed by atoms with Crippen molar-refractivity contribution in [1.29, 1.82) is 0 Å². The zero-order valence-electron chi connectivity index (χ0n) is 13.1. The molecule has 0 radical (unpaired) electrons. The molecule has 0 aliphatic carbocycles. The highest BCUT2D eigenvalue weighted by atomic mass is 35.5. The Morgan fingerprint density at radius 1 is 1.16 bits per heavy atom. The summed E-state index contributed by atoms with van der Waals surface area (Å²) in [5.41, 5.74) is 2.00. The van der Waals surface area contributed by atoms with Crippen LogP contribution >= 0.6 is 11.6 Å². The van der Waals surface area contributed by atoms with Crippen molar-refractivity contribution in [2.24, 2.45) is 7.05 Å². The third kappa shape index (κ3) is 2.81. The summed E-state index contributed by atoms with van der Waals surface area (Å²) in [5, 5.41) is 1.32. The minimum absolute atomic E-state index is 0.142. The number of aryl methyl sites for hydroxylation is 1. The molecule has 0 unspecified atom stereocenters. The van der Waals surface area contributed by atoms with Gasteiger partial charge in [0.05, 0.1) is 21.6 Å². The van der Waals surface area contributed by atoms with Crippen molar-refractivity contribution in [3.8, 4) is 0 Å². The lowest BCUT2D eigenvalue weighted by molar-refractivity contribution is 0.601. The zero-order valence-corrected chi connectivity index (χ0v) is 14.7. The quantitative estimate of drug-likeness (QED) is 0.596. The van der Waals surface area contributed by atoms with Gasteiger partial charge in [-0.15, -0.1) is 0 Å². The first-order chi connectivity index (χ1) is 11.9. The molecule has 126 valence electrons. The van der Waals surface area contributed by atoms with Gasteiger partial charge in [-0.05, 0) is 36.4 Å². The molecule has 6 nitrogen and oxygen atoms in total. The first kappa shape index (κ1) is 15.9. The molecular formula is C17H13ClN4O2S. The monoisotopic (exact) mass is 372 g/mol. The van der Waals surface area contributed by atoms with E-state index in [1.54, 1.807) is 36.4 Å². The van der Waals surface area contributed by atoms with E-state index in [4.69, 9.17) is 11.6 Å². The standard InChI is InChI=1S/C17H13ClN4O2S/c1-22-8-7-11-9-12(5-6-15(11)22)25(23,24)21-16-10-19-17-13(18)3-2-4-14(17)20-16/h2-10H,1H3,(H,20,21). The Bertz CT molecular complexity index is 1220. The molecular weight excluding hydrogens is 360 g/mol. The van der Waals surface area contributed by atoms with E-state index < -0.39 is 10.0 Å². The van der Waals surface area contributed by atoms with Crippen molar-refractivity contribution in [2.75, 3.05) is 4.72 Å². The summed E-state index contributed by atoms with van der Waals surface area (Å²) in [6.07, 6.45) is 3.24. The number of nitrogens with one attached hydrogen (secondary N) is 1. The number of benzene rings is 2. The summed E-state index contributed by atoms with van der Waals surface area (Å²) in [5.74, 6) is 0.142. The average Bonchev–Trinajstić information content (AvgIpc) is 2.95. The molecule has 8 heteroatoms. The number of hydrogen-bond acceptors (Lipinski definition) is 4. The molecule has 0 aliphatic rings. The molecule has 0 spiro atoms. The highest BCUT2D eigenvalue weighted by Crippen LogP contribution is 2.23. The van der Waals surface area contributed by atoms with Crippen LogP contribution in [0.2, 0.25) is 5.02 Å². The second-order valence-corrected chi connectivity index (χ2v) is 7.71. The number of rotatable bonds is 3. The Balaban J connectivity index is 1.72. The van der Waals surface area contributed by atoms with Crippen molar-refractivity contribution in [3.05, 3.63) is 59.9 Å². The van der Waals surface area contributed by atoms with Gasteiger partial charge in [0.15, 0.2) is 5.82 Å². The SMILES string of the molecule is Cn1ccc2cc(S(=O)(=O)Nc3cnc4c(Cl)cccc4n3)ccc21.